The molecule has 40 heavy (non-hydrogen) atoms. The first-order valence-corrected chi connectivity index (χ1v) is 13.5. The molecule has 1 aromatic heterocycles. The normalized spacial score (nSPS) is 14.4. The van der Waals surface area contributed by atoms with Crippen molar-refractivity contribution in [3.05, 3.63) is 87.8 Å². The minimum Gasteiger partial charge on any atom is -0.494 e. The van der Waals surface area contributed by atoms with Crippen molar-refractivity contribution in [2.45, 2.75) is 26.3 Å². The number of hydrogen-bond donors (Lipinski definition) is 1. The summed E-state index contributed by atoms with van der Waals surface area (Å²) < 4.78 is 28.5. The first-order chi connectivity index (χ1) is 19.4. The molecule has 9 heteroatoms. The van der Waals surface area contributed by atoms with Crippen molar-refractivity contribution in [3.63, 3.8) is 0 Å². The summed E-state index contributed by atoms with van der Waals surface area (Å²) in [6.07, 6.45) is 0.775. The number of hydrogen-bond acceptors (Lipinski definition) is 7. The zero-order valence-corrected chi connectivity index (χ0v) is 23.8. The van der Waals surface area contributed by atoms with E-state index in [-0.39, 0.29) is 11.7 Å². The highest BCUT2D eigenvalue weighted by Crippen LogP contribution is 2.39. The molecular weight excluding hydrogens is 528 g/mol. The Kier molecular flexibility index (Phi) is 8.11. The van der Waals surface area contributed by atoms with Gasteiger partial charge in [-0.3, -0.25) is 0 Å². The topological polar surface area (TPSA) is 82.4 Å². The van der Waals surface area contributed by atoms with E-state index in [9.17, 15) is 4.79 Å². The molecule has 0 amide bonds. The van der Waals surface area contributed by atoms with Crippen LogP contribution in [0.3, 0.4) is 0 Å². The van der Waals surface area contributed by atoms with Gasteiger partial charge in [-0.15, -0.1) is 0 Å². The lowest BCUT2D eigenvalue weighted by Gasteiger charge is -2.39. The van der Waals surface area contributed by atoms with Gasteiger partial charge in [0.2, 0.25) is 0 Å². The van der Waals surface area contributed by atoms with E-state index >= 15 is 0 Å². The zero-order valence-electron chi connectivity index (χ0n) is 23.0. The van der Waals surface area contributed by atoms with Gasteiger partial charge in [0.05, 0.1) is 26.9 Å². The van der Waals surface area contributed by atoms with Crippen LogP contribution in [-0.4, -0.2) is 44.0 Å². The first kappa shape index (κ1) is 27.3. The third-order valence-electron chi connectivity index (χ3n) is 7.01. The Hall–Kier alpha value is -4.24. The average molecular weight is 561 g/mol. The van der Waals surface area contributed by atoms with Crippen LogP contribution in [0.4, 0.5) is 5.69 Å². The second-order valence-corrected chi connectivity index (χ2v) is 9.86. The second-order valence-electron chi connectivity index (χ2n) is 9.47. The molecular formula is C31H32N2O6S. The van der Waals surface area contributed by atoms with Crippen LogP contribution in [-0.2, 0) is 6.42 Å². The third-order valence-corrected chi connectivity index (χ3v) is 7.35. The largest absolute Gasteiger partial charge is 0.494 e. The summed E-state index contributed by atoms with van der Waals surface area (Å²) in [6, 6.07) is 18.5. The van der Waals surface area contributed by atoms with Crippen molar-refractivity contribution in [2.24, 2.45) is 0 Å². The molecule has 0 unspecified atom stereocenters. The fourth-order valence-electron chi connectivity index (χ4n) is 5.02. The number of thiocarbonyl (C=S) groups is 1. The molecule has 8 nitrogen and oxygen atoms in total. The number of rotatable bonds is 8. The fourth-order valence-corrected chi connectivity index (χ4v) is 5.35. The van der Waals surface area contributed by atoms with E-state index in [0.717, 1.165) is 39.9 Å². The Morgan fingerprint density at radius 1 is 1.00 bits per heavy atom. The standard InChI is InChI=1S/C31H32N2O6S/c1-5-37-22-8-6-21(7-9-22)32-31(40)33-13-12-20-15-28(35-3)29(36-4)17-25(20)26(33)18-38-23-10-11-24-19(2)14-30(34)39-27(24)16-23/h6-11,14-17,26H,5,12-13,18H2,1-4H3,(H,32,40)/t26-/m0/s1. The molecule has 0 radical (unpaired) electrons. The molecule has 1 aliphatic heterocycles. The Morgan fingerprint density at radius 3 is 2.45 bits per heavy atom. The zero-order chi connectivity index (χ0) is 28.2. The lowest BCUT2D eigenvalue weighted by Crippen LogP contribution is -2.44. The molecule has 0 saturated carbocycles. The van der Waals surface area contributed by atoms with Crippen LogP contribution in [0.25, 0.3) is 11.0 Å². The minimum absolute atomic E-state index is 0.216. The number of benzene rings is 3. The SMILES string of the molecule is CCOc1ccc(NC(=S)N2CCc3cc(OC)c(OC)cc3[C@@H]2COc2ccc3c(C)cc(=O)oc3c2)cc1. The molecule has 4 aromatic rings. The Morgan fingerprint density at radius 2 is 1.73 bits per heavy atom. The van der Waals surface area contributed by atoms with Crippen molar-refractivity contribution < 1.29 is 23.4 Å². The Bertz CT molecular complexity index is 1580. The molecule has 0 aliphatic carbocycles. The van der Waals surface area contributed by atoms with Crippen molar-refractivity contribution in [3.8, 4) is 23.0 Å². The molecule has 5 rings (SSSR count). The van der Waals surface area contributed by atoms with E-state index in [4.69, 9.17) is 35.6 Å². The molecule has 2 heterocycles. The third kappa shape index (κ3) is 5.70. The molecule has 208 valence electrons. The summed E-state index contributed by atoms with van der Waals surface area (Å²) in [5.41, 5.74) is 4.02. The van der Waals surface area contributed by atoms with Crippen LogP contribution in [0.5, 0.6) is 23.0 Å². The van der Waals surface area contributed by atoms with Gasteiger partial charge in [0.15, 0.2) is 16.6 Å². The molecule has 1 atom stereocenters. The lowest BCUT2D eigenvalue weighted by molar-refractivity contribution is 0.190. The van der Waals surface area contributed by atoms with Gasteiger partial charge in [-0.05, 0) is 97.7 Å². The molecule has 1 N–H and O–H groups in total. The number of methoxy groups -OCH3 is 2. The predicted octanol–water partition coefficient (Wildman–Crippen LogP) is 5.89. The van der Waals surface area contributed by atoms with Gasteiger partial charge in [0, 0.05) is 29.8 Å². The predicted molar refractivity (Wildman–Crippen MR) is 159 cm³/mol. The molecule has 0 bridgehead atoms. The van der Waals surface area contributed by atoms with Crippen molar-refractivity contribution >= 4 is 34.0 Å². The van der Waals surface area contributed by atoms with Gasteiger partial charge >= 0.3 is 5.63 Å². The summed E-state index contributed by atoms with van der Waals surface area (Å²) in [6.45, 7) is 5.44. The van der Waals surface area contributed by atoms with Gasteiger partial charge in [-0.1, -0.05) is 0 Å². The van der Waals surface area contributed by atoms with Crippen LogP contribution in [0, 0.1) is 6.92 Å². The Balaban J connectivity index is 1.44. The summed E-state index contributed by atoms with van der Waals surface area (Å²) >= 11 is 5.90. The van der Waals surface area contributed by atoms with Crippen LogP contribution in [0.2, 0.25) is 0 Å². The van der Waals surface area contributed by atoms with Crippen molar-refractivity contribution in [1.82, 2.24) is 4.90 Å². The van der Waals surface area contributed by atoms with E-state index in [1.165, 1.54) is 6.07 Å². The van der Waals surface area contributed by atoms with Gasteiger partial charge in [0.1, 0.15) is 23.7 Å². The van der Waals surface area contributed by atoms with Gasteiger partial charge in [-0.2, -0.15) is 0 Å². The van der Waals surface area contributed by atoms with E-state index in [1.54, 1.807) is 20.3 Å². The molecule has 0 saturated heterocycles. The highest BCUT2D eigenvalue weighted by Gasteiger charge is 2.31. The maximum atomic E-state index is 11.9. The second kappa shape index (κ2) is 11.9. The minimum atomic E-state index is -0.388. The molecule has 3 aromatic carbocycles. The number of ether oxygens (including phenoxy) is 4. The number of aryl methyl sites for hydroxylation is 1. The van der Waals surface area contributed by atoms with Crippen molar-refractivity contribution in [2.75, 3.05) is 39.3 Å². The summed E-state index contributed by atoms with van der Waals surface area (Å²) in [5.74, 6) is 2.73. The Labute approximate surface area is 238 Å². The van der Waals surface area contributed by atoms with E-state index in [1.807, 2.05) is 62.4 Å². The maximum Gasteiger partial charge on any atom is 0.336 e. The lowest BCUT2D eigenvalue weighted by atomic mass is 9.92. The monoisotopic (exact) mass is 560 g/mol. The average Bonchev–Trinajstić information content (AvgIpc) is 2.95. The number of nitrogens with zero attached hydrogens (tertiary/aromatic N) is 1. The van der Waals surface area contributed by atoms with Gasteiger partial charge in [-0.25, -0.2) is 4.79 Å². The highest BCUT2D eigenvalue weighted by molar-refractivity contribution is 7.80. The molecule has 0 fully saturated rings. The fraction of sp³-hybridized carbons (Fsp3) is 0.290. The molecule has 0 spiro atoms. The number of fused-ring (bicyclic) bond motifs is 2. The number of anilines is 1. The van der Waals surface area contributed by atoms with Crippen LogP contribution in [0.1, 0.15) is 29.7 Å². The van der Waals surface area contributed by atoms with E-state index < -0.39 is 0 Å². The summed E-state index contributed by atoms with van der Waals surface area (Å²) in [7, 11) is 3.26. The van der Waals surface area contributed by atoms with E-state index in [0.29, 0.717) is 47.7 Å². The van der Waals surface area contributed by atoms with Crippen LogP contribution >= 0.6 is 12.2 Å². The van der Waals surface area contributed by atoms with Crippen molar-refractivity contribution in [1.29, 1.82) is 0 Å². The van der Waals surface area contributed by atoms with Crippen LogP contribution in [0.15, 0.2) is 69.9 Å². The molecule has 1 aliphatic rings. The quantitative estimate of drug-likeness (QED) is 0.209. The first-order valence-electron chi connectivity index (χ1n) is 13.1. The van der Waals surface area contributed by atoms with Gasteiger partial charge in [0.25, 0.3) is 0 Å². The number of nitrogens with one attached hydrogen (secondary N) is 1. The smallest absolute Gasteiger partial charge is 0.336 e. The maximum absolute atomic E-state index is 11.9. The summed E-state index contributed by atoms with van der Waals surface area (Å²) in [4.78, 5) is 14.1. The van der Waals surface area contributed by atoms with Crippen LogP contribution < -0.4 is 29.9 Å². The van der Waals surface area contributed by atoms with Gasteiger partial charge < -0.3 is 33.6 Å². The summed E-state index contributed by atoms with van der Waals surface area (Å²) in [5, 5.41) is 4.82. The van der Waals surface area contributed by atoms with E-state index in [2.05, 4.69) is 10.2 Å². The highest BCUT2D eigenvalue weighted by atomic mass is 32.1.